The summed E-state index contributed by atoms with van der Waals surface area (Å²) < 4.78 is 0. The fourth-order valence-electron chi connectivity index (χ4n) is 1.95. The predicted octanol–water partition coefficient (Wildman–Crippen LogP) is 1.30. The van der Waals surface area contributed by atoms with Gasteiger partial charge in [0.25, 0.3) is 0 Å². The van der Waals surface area contributed by atoms with E-state index in [0.29, 0.717) is 31.7 Å². The second-order valence-corrected chi connectivity index (χ2v) is 3.97. The lowest BCUT2D eigenvalue weighted by atomic mass is 10.2. The van der Waals surface area contributed by atoms with Crippen LogP contribution >= 0.6 is 0 Å². The minimum atomic E-state index is -0.869. The monoisotopic (exact) mass is 234 g/mol. The highest BCUT2D eigenvalue weighted by molar-refractivity contribution is 5.77. The Bertz CT molecular complexity index is 426. The smallest absolute Gasteiger partial charge is 0.407 e. The van der Waals surface area contributed by atoms with Crippen LogP contribution in [0.3, 0.4) is 0 Å². The molecule has 17 heavy (non-hydrogen) atoms. The van der Waals surface area contributed by atoms with Crippen LogP contribution in [0.1, 0.15) is 10.4 Å². The Morgan fingerprint density at radius 3 is 2.53 bits per heavy atom. The summed E-state index contributed by atoms with van der Waals surface area (Å²) in [6.07, 6.45) is -0.0527. The maximum absolute atomic E-state index is 10.8. The first-order valence-corrected chi connectivity index (χ1v) is 5.49. The van der Waals surface area contributed by atoms with Gasteiger partial charge in [-0.3, -0.25) is 4.79 Å². The molecule has 90 valence electrons. The molecule has 5 heteroatoms. The molecule has 1 aliphatic rings. The number of carbonyl (C=O) groups is 2. The standard InChI is InChI=1S/C12H14N2O3/c15-9-10-2-1-3-11(8-10)13-4-6-14(7-5-13)12(16)17/h1-3,8-9H,4-7H2,(H,16,17). The third-order valence-electron chi connectivity index (χ3n) is 2.92. The summed E-state index contributed by atoms with van der Waals surface area (Å²) in [6.45, 7) is 2.32. The van der Waals surface area contributed by atoms with E-state index in [-0.39, 0.29) is 0 Å². The van der Waals surface area contributed by atoms with E-state index in [4.69, 9.17) is 5.11 Å². The van der Waals surface area contributed by atoms with Crippen molar-refractivity contribution in [1.29, 1.82) is 0 Å². The van der Waals surface area contributed by atoms with Gasteiger partial charge in [0.1, 0.15) is 6.29 Å². The van der Waals surface area contributed by atoms with Crippen molar-refractivity contribution in [2.45, 2.75) is 0 Å². The van der Waals surface area contributed by atoms with E-state index in [1.807, 2.05) is 18.2 Å². The van der Waals surface area contributed by atoms with E-state index in [0.717, 1.165) is 12.0 Å². The Kier molecular flexibility index (Phi) is 3.27. The zero-order chi connectivity index (χ0) is 12.3. The summed E-state index contributed by atoms with van der Waals surface area (Å²) in [5.41, 5.74) is 1.61. The predicted molar refractivity (Wildman–Crippen MR) is 63.6 cm³/mol. The number of benzene rings is 1. The van der Waals surface area contributed by atoms with E-state index in [2.05, 4.69) is 4.90 Å². The fraction of sp³-hybridized carbons (Fsp3) is 0.333. The SMILES string of the molecule is O=Cc1cccc(N2CCN(C(=O)O)CC2)c1. The minimum absolute atomic E-state index is 0.501. The number of aldehydes is 1. The lowest BCUT2D eigenvalue weighted by molar-refractivity contribution is 0.112. The molecule has 0 aliphatic carbocycles. The molecule has 0 aromatic heterocycles. The molecular weight excluding hydrogens is 220 g/mol. The maximum Gasteiger partial charge on any atom is 0.407 e. The quantitative estimate of drug-likeness (QED) is 0.783. The second kappa shape index (κ2) is 4.86. The molecule has 0 bridgehead atoms. The number of nitrogens with zero attached hydrogens (tertiary/aromatic N) is 2. The Balaban J connectivity index is 2.04. The molecule has 2 rings (SSSR count). The Morgan fingerprint density at radius 2 is 1.94 bits per heavy atom. The average molecular weight is 234 g/mol. The molecule has 5 nitrogen and oxygen atoms in total. The van der Waals surface area contributed by atoms with Gasteiger partial charge in [-0.05, 0) is 12.1 Å². The topological polar surface area (TPSA) is 60.9 Å². The summed E-state index contributed by atoms with van der Waals surface area (Å²) in [5.74, 6) is 0. The van der Waals surface area contributed by atoms with Crippen LogP contribution in [0.4, 0.5) is 10.5 Å². The van der Waals surface area contributed by atoms with Crippen molar-refractivity contribution in [3.8, 4) is 0 Å². The van der Waals surface area contributed by atoms with E-state index in [9.17, 15) is 9.59 Å². The first kappa shape index (κ1) is 11.4. The molecule has 0 spiro atoms. The molecule has 1 saturated heterocycles. The number of rotatable bonds is 2. The summed E-state index contributed by atoms with van der Waals surface area (Å²) in [6, 6.07) is 7.35. The van der Waals surface area contributed by atoms with Crippen molar-refractivity contribution >= 4 is 18.1 Å². The van der Waals surface area contributed by atoms with Crippen LogP contribution in [0.5, 0.6) is 0 Å². The number of hydrogen-bond acceptors (Lipinski definition) is 3. The largest absolute Gasteiger partial charge is 0.465 e. The molecule has 0 radical (unpaired) electrons. The summed E-state index contributed by atoms with van der Waals surface area (Å²) in [7, 11) is 0. The normalized spacial score (nSPS) is 15.8. The van der Waals surface area contributed by atoms with Crippen LogP contribution < -0.4 is 4.90 Å². The molecule has 1 aromatic rings. The van der Waals surface area contributed by atoms with E-state index in [1.54, 1.807) is 6.07 Å². The molecule has 0 atom stereocenters. The molecule has 1 fully saturated rings. The van der Waals surface area contributed by atoms with Crippen molar-refractivity contribution in [2.24, 2.45) is 0 Å². The number of carboxylic acid groups (broad SMARTS) is 1. The van der Waals surface area contributed by atoms with Gasteiger partial charge in [0, 0.05) is 37.4 Å². The average Bonchev–Trinajstić information content (AvgIpc) is 2.39. The highest BCUT2D eigenvalue weighted by Crippen LogP contribution is 2.17. The third-order valence-corrected chi connectivity index (χ3v) is 2.92. The number of amides is 1. The van der Waals surface area contributed by atoms with Gasteiger partial charge in [-0.2, -0.15) is 0 Å². The number of carbonyl (C=O) groups excluding carboxylic acids is 1. The lowest BCUT2D eigenvalue weighted by Crippen LogP contribution is -2.48. The van der Waals surface area contributed by atoms with E-state index < -0.39 is 6.09 Å². The van der Waals surface area contributed by atoms with Gasteiger partial charge in [0.2, 0.25) is 0 Å². The van der Waals surface area contributed by atoms with Crippen LogP contribution in [0.15, 0.2) is 24.3 Å². The van der Waals surface area contributed by atoms with Crippen molar-refractivity contribution in [1.82, 2.24) is 4.90 Å². The second-order valence-electron chi connectivity index (χ2n) is 3.97. The van der Waals surface area contributed by atoms with Crippen molar-refractivity contribution in [2.75, 3.05) is 31.1 Å². The Morgan fingerprint density at radius 1 is 1.24 bits per heavy atom. The van der Waals surface area contributed by atoms with Gasteiger partial charge in [-0.25, -0.2) is 4.79 Å². The molecule has 0 saturated carbocycles. The summed E-state index contributed by atoms with van der Waals surface area (Å²) >= 11 is 0. The minimum Gasteiger partial charge on any atom is -0.465 e. The zero-order valence-electron chi connectivity index (χ0n) is 9.37. The van der Waals surface area contributed by atoms with Crippen LogP contribution in [-0.4, -0.2) is 48.6 Å². The highest BCUT2D eigenvalue weighted by Gasteiger charge is 2.20. The van der Waals surface area contributed by atoms with E-state index in [1.165, 1.54) is 4.90 Å². The van der Waals surface area contributed by atoms with Gasteiger partial charge in [0.05, 0.1) is 0 Å². The first-order valence-electron chi connectivity index (χ1n) is 5.49. The Labute approximate surface area is 99.3 Å². The van der Waals surface area contributed by atoms with Crippen molar-refractivity contribution in [3.63, 3.8) is 0 Å². The van der Waals surface area contributed by atoms with Gasteiger partial charge < -0.3 is 14.9 Å². The van der Waals surface area contributed by atoms with Gasteiger partial charge in [-0.1, -0.05) is 12.1 Å². The van der Waals surface area contributed by atoms with Gasteiger partial charge in [0.15, 0.2) is 0 Å². The summed E-state index contributed by atoms with van der Waals surface area (Å²) in [4.78, 5) is 24.9. The first-order chi connectivity index (χ1) is 8.20. The van der Waals surface area contributed by atoms with E-state index >= 15 is 0 Å². The summed E-state index contributed by atoms with van der Waals surface area (Å²) in [5, 5.41) is 8.84. The maximum atomic E-state index is 10.8. The number of anilines is 1. The fourth-order valence-corrected chi connectivity index (χ4v) is 1.95. The third kappa shape index (κ3) is 2.55. The van der Waals surface area contributed by atoms with Crippen molar-refractivity contribution in [3.05, 3.63) is 29.8 Å². The molecule has 1 aromatic carbocycles. The number of hydrogen-bond donors (Lipinski definition) is 1. The van der Waals surface area contributed by atoms with Crippen LogP contribution in [0, 0.1) is 0 Å². The zero-order valence-corrected chi connectivity index (χ0v) is 9.37. The molecule has 1 aliphatic heterocycles. The van der Waals surface area contributed by atoms with Crippen LogP contribution in [0.2, 0.25) is 0 Å². The lowest BCUT2D eigenvalue weighted by Gasteiger charge is -2.34. The van der Waals surface area contributed by atoms with Gasteiger partial charge in [-0.15, -0.1) is 0 Å². The van der Waals surface area contributed by atoms with Crippen LogP contribution in [0.25, 0.3) is 0 Å². The highest BCUT2D eigenvalue weighted by atomic mass is 16.4. The molecule has 1 amide bonds. The molecule has 1 N–H and O–H groups in total. The molecule has 1 heterocycles. The Hall–Kier alpha value is -2.04. The molecule has 0 unspecified atom stereocenters. The van der Waals surface area contributed by atoms with Crippen molar-refractivity contribution < 1.29 is 14.7 Å². The molecular formula is C12H14N2O3. The van der Waals surface area contributed by atoms with Crippen LogP contribution in [-0.2, 0) is 0 Å². The number of piperazine rings is 1. The van der Waals surface area contributed by atoms with Gasteiger partial charge >= 0.3 is 6.09 Å².